The van der Waals surface area contributed by atoms with E-state index in [-0.39, 0.29) is 29.3 Å². The van der Waals surface area contributed by atoms with Crippen LogP contribution in [0.15, 0.2) is 36.4 Å². The van der Waals surface area contributed by atoms with Gasteiger partial charge >= 0.3 is 5.97 Å². The summed E-state index contributed by atoms with van der Waals surface area (Å²) in [5, 5.41) is 32.9. The maximum Gasteiger partial charge on any atom is 0.330 e. The Kier molecular flexibility index (Phi) is 8.56. The number of hydrogen-bond donors (Lipinski definition) is 4. The van der Waals surface area contributed by atoms with Crippen molar-refractivity contribution in [3.05, 3.63) is 58.1 Å². The number of nitrogens with zero attached hydrogens (tertiary/aromatic N) is 1. The van der Waals surface area contributed by atoms with Gasteiger partial charge in [0, 0.05) is 30.7 Å². The Hall–Kier alpha value is -2.89. The summed E-state index contributed by atoms with van der Waals surface area (Å²) < 4.78 is 16.4. The van der Waals surface area contributed by atoms with Crippen molar-refractivity contribution in [2.24, 2.45) is 0 Å². The Morgan fingerprint density at radius 3 is 2.68 bits per heavy atom. The van der Waals surface area contributed by atoms with E-state index in [1.54, 1.807) is 0 Å². The van der Waals surface area contributed by atoms with Crippen LogP contribution in [0.5, 0.6) is 11.5 Å². The van der Waals surface area contributed by atoms with Crippen LogP contribution in [0, 0.1) is 0 Å². The van der Waals surface area contributed by atoms with Crippen LogP contribution < -0.4 is 10.1 Å². The van der Waals surface area contributed by atoms with Gasteiger partial charge < -0.3 is 39.7 Å². The number of β-amino-alcohol motifs (C(OH)–C–C–N with tert-alkyl or cyclic N) is 1. The van der Waals surface area contributed by atoms with Gasteiger partial charge in [-0.1, -0.05) is 17.7 Å². The van der Waals surface area contributed by atoms with Gasteiger partial charge in [-0.25, -0.2) is 4.79 Å². The van der Waals surface area contributed by atoms with E-state index >= 15 is 0 Å². The molecule has 1 unspecified atom stereocenters. The highest BCUT2D eigenvalue weighted by molar-refractivity contribution is 6.30. The lowest BCUT2D eigenvalue weighted by atomic mass is 9.84. The van der Waals surface area contributed by atoms with Gasteiger partial charge in [0.15, 0.2) is 6.04 Å². The van der Waals surface area contributed by atoms with Crippen LogP contribution in [0.3, 0.4) is 0 Å². The molecular weight excluding hydrogens is 504 g/mol. The number of nitrogens with one attached hydrogen (secondary N) is 1. The first-order valence-corrected chi connectivity index (χ1v) is 12.4. The third-order valence-corrected chi connectivity index (χ3v) is 7.04. The topological polar surface area (TPSA) is 138 Å². The summed E-state index contributed by atoms with van der Waals surface area (Å²) >= 11 is 6.12. The van der Waals surface area contributed by atoms with E-state index in [0.29, 0.717) is 18.2 Å². The lowest BCUT2D eigenvalue weighted by Gasteiger charge is -2.39. The number of phenols is 1. The molecule has 0 bridgehead atoms. The monoisotopic (exact) mass is 534 g/mol. The molecule has 4 rings (SSSR count). The van der Waals surface area contributed by atoms with Crippen molar-refractivity contribution in [1.29, 1.82) is 0 Å². The van der Waals surface area contributed by atoms with Gasteiger partial charge in [-0.15, -0.1) is 0 Å². The van der Waals surface area contributed by atoms with Gasteiger partial charge in [-0.05, 0) is 48.2 Å². The smallest absolute Gasteiger partial charge is 0.330 e. The fraction of sp³-hybridized carbons (Fsp3) is 0.462. The number of esters is 1. The quantitative estimate of drug-likeness (QED) is 0.353. The van der Waals surface area contributed by atoms with Gasteiger partial charge in [0.25, 0.3) is 5.91 Å². The Bertz CT molecular complexity index is 1140. The van der Waals surface area contributed by atoms with Crippen LogP contribution in [0.25, 0.3) is 0 Å². The Morgan fingerprint density at radius 1 is 1.22 bits per heavy atom. The molecule has 0 aromatic heterocycles. The van der Waals surface area contributed by atoms with E-state index in [9.17, 15) is 24.9 Å². The van der Waals surface area contributed by atoms with Gasteiger partial charge in [0.05, 0.1) is 31.5 Å². The summed E-state index contributed by atoms with van der Waals surface area (Å²) in [5.41, 5.74) is 2.02. The summed E-state index contributed by atoms with van der Waals surface area (Å²) in [4.78, 5) is 26.5. The number of aliphatic hydroxyl groups excluding tert-OH is 2. The lowest BCUT2D eigenvalue weighted by molar-refractivity contribution is -0.143. The number of fused-ring (bicyclic) bond motifs is 2. The molecule has 4 N–H and O–H groups in total. The molecule has 10 nitrogen and oxygen atoms in total. The van der Waals surface area contributed by atoms with E-state index in [1.165, 1.54) is 23.8 Å². The summed E-state index contributed by atoms with van der Waals surface area (Å²) in [6.45, 7) is 1.60. The van der Waals surface area contributed by atoms with Crippen molar-refractivity contribution in [2.75, 3.05) is 40.0 Å². The minimum atomic E-state index is -1.25. The van der Waals surface area contributed by atoms with Crippen molar-refractivity contribution in [3.63, 3.8) is 0 Å². The third-order valence-electron chi connectivity index (χ3n) is 6.81. The lowest BCUT2D eigenvalue weighted by Crippen LogP contribution is -2.46. The number of benzene rings is 2. The molecule has 1 spiro atoms. The number of likely N-dealkylation sites (tertiary alicyclic amines) is 1. The molecule has 11 heteroatoms. The number of amides is 1. The van der Waals surface area contributed by atoms with Gasteiger partial charge in [-0.3, -0.25) is 4.79 Å². The van der Waals surface area contributed by atoms with Gasteiger partial charge in [0.1, 0.15) is 24.2 Å². The molecule has 1 amide bonds. The van der Waals surface area contributed by atoms with E-state index in [1.807, 2.05) is 18.2 Å². The highest BCUT2D eigenvalue weighted by Gasteiger charge is 2.42. The minimum Gasteiger partial charge on any atom is -0.508 e. The molecule has 37 heavy (non-hydrogen) atoms. The molecule has 200 valence electrons. The molecule has 2 atom stereocenters. The van der Waals surface area contributed by atoms with Crippen LogP contribution >= 0.6 is 11.6 Å². The fourth-order valence-electron chi connectivity index (χ4n) is 4.84. The van der Waals surface area contributed by atoms with E-state index in [0.717, 1.165) is 38.6 Å². The molecule has 0 radical (unpaired) electrons. The zero-order valence-corrected chi connectivity index (χ0v) is 21.2. The molecule has 1 saturated heterocycles. The summed E-state index contributed by atoms with van der Waals surface area (Å²) in [7, 11) is 1.14. The highest BCUT2D eigenvalue weighted by atomic mass is 35.5. The number of halogens is 1. The number of aromatic hydroxyl groups is 1. The fourth-order valence-corrected chi connectivity index (χ4v) is 5.04. The van der Waals surface area contributed by atoms with Crippen LogP contribution in [0.1, 0.15) is 34.3 Å². The predicted molar refractivity (Wildman–Crippen MR) is 134 cm³/mol. The first-order valence-electron chi connectivity index (χ1n) is 12.0. The van der Waals surface area contributed by atoms with Crippen molar-refractivity contribution >= 4 is 23.5 Å². The normalized spacial score (nSPS) is 18.2. The van der Waals surface area contributed by atoms with Crippen molar-refractivity contribution in [2.45, 2.75) is 37.2 Å². The zero-order valence-electron chi connectivity index (χ0n) is 20.5. The standard InChI is InChI=1S/C26H31ClN2O8/c1-35-25(34)22(13-30)28-24(33)20-4-3-18(31)11-23(20)36-15-19(32)12-29-8-6-26(7-9-29)21-5-2-17(27)10-16(21)14-37-26/h2-5,10-11,19,22,30-32H,6-9,12-15H2,1H3,(H,28,33)/t19-,22?/m0/s1. The first-order chi connectivity index (χ1) is 17.7. The second-order valence-corrected chi connectivity index (χ2v) is 9.70. The van der Waals surface area contributed by atoms with E-state index < -0.39 is 30.6 Å². The van der Waals surface area contributed by atoms with E-state index in [2.05, 4.69) is 15.0 Å². The molecule has 2 aliphatic heterocycles. The number of methoxy groups -OCH3 is 1. The minimum absolute atomic E-state index is 0.0319. The Labute approximate surface area is 219 Å². The molecule has 2 heterocycles. The van der Waals surface area contributed by atoms with Gasteiger partial charge in [-0.2, -0.15) is 0 Å². The summed E-state index contributed by atoms with van der Waals surface area (Å²) in [5.74, 6) is -1.60. The summed E-state index contributed by atoms with van der Waals surface area (Å²) in [6.07, 6.45) is 0.722. The molecular formula is C26H31ClN2O8. The van der Waals surface area contributed by atoms with Gasteiger partial charge in [0.2, 0.25) is 0 Å². The van der Waals surface area contributed by atoms with Crippen LogP contribution in [0.4, 0.5) is 0 Å². The second kappa shape index (κ2) is 11.7. The molecule has 1 fully saturated rings. The number of hydrogen-bond acceptors (Lipinski definition) is 9. The molecule has 0 aliphatic carbocycles. The number of piperidine rings is 1. The number of ether oxygens (including phenoxy) is 3. The molecule has 0 saturated carbocycles. The molecule has 2 aromatic rings. The summed E-state index contributed by atoms with van der Waals surface area (Å²) in [6, 6.07) is 8.51. The average molecular weight is 535 g/mol. The van der Waals surface area contributed by atoms with Crippen molar-refractivity contribution in [3.8, 4) is 11.5 Å². The van der Waals surface area contributed by atoms with Crippen molar-refractivity contribution < 1.29 is 39.1 Å². The number of carbonyl (C=O) groups excluding carboxylic acids is 2. The van der Waals surface area contributed by atoms with Crippen molar-refractivity contribution in [1.82, 2.24) is 10.2 Å². The molecule has 2 aromatic carbocycles. The van der Waals surface area contributed by atoms with Crippen LogP contribution in [-0.2, 0) is 26.5 Å². The highest BCUT2D eigenvalue weighted by Crippen LogP contribution is 2.44. The average Bonchev–Trinajstić information content (AvgIpc) is 3.23. The third kappa shape index (κ3) is 6.16. The number of phenolic OH excluding ortho intramolecular Hbond substituents is 1. The second-order valence-electron chi connectivity index (χ2n) is 9.26. The SMILES string of the molecule is COC(=O)C(CO)NC(=O)c1ccc(O)cc1OC[C@@H](O)CN1CCC2(CC1)OCc1cc(Cl)ccc12. The number of rotatable bonds is 9. The largest absolute Gasteiger partial charge is 0.508 e. The molecule has 2 aliphatic rings. The first kappa shape index (κ1) is 27.2. The number of carbonyl (C=O) groups is 2. The number of aliphatic hydroxyl groups is 2. The predicted octanol–water partition coefficient (Wildman–Crippen LogP) is 1.57. The van der Waals surface area contributed by atoms with Crippen LogP contribution in [0.2, 0.25) is 5.02 Å². The van der Waals surface area contributed by atoms with E-state index in [4.69, 9.17) is 21.1 Å². The zero-order chi connectivity index (χ0) is 26.6. The Balaban J connectivity index is 1.32. The maximum absolute atomic E-state index is 12.7. The van der Waals surface area contributed by atoms with Crippen LogP contribution in [-0.4, -0.2) is 84.2 Å². The Morgan fingerprint density at radius 2 is 1.97 bits per heavy atom. The maximum atomic E-state index is 12.7.